The average Bonchev–Trinajstić information content (AvgIpc) is 3.40. The maximum atomic E-state index is 14.3. The predicted octanol–water partition coefficient (Wildman–Crippen LogP) is 5.82. The van der Waals surface area contributed by atoms with Crippen molar-refractivity contribution in [3.05, 3.63) is 131 Å². The lowest BCUT2D eigenvalue weighted by Gasteiger charge is -2.25. The summed E-state index contributed by atoms with van der Waals surface area (Å²) in [5.74, 6) is 1.35. The van der Waals surface area contributed by atoms with Gasteiger partial charge in [-0.1, -0.05) is 23.5 Å². The first kappa shape index (κ1) is 36.6. The third kappa shape index (κ3) is 7.88. The number of aromatic nitrogens is 1. The lowest BCUT2D eigenvalue weighted by atomic mass is 9.95. The number of nitrogens with zero attached hydrogens (tertiary/aromatic N) is 3. The molecule has 0 saturated heterocycles. The molecule has 1 aromatic heterocycles. The fraction of sp³-hybridized carbons (Fsp3) is 0.289. The van der Waals surface area contributed by atoms with Gasteiger partial charge in [-0.25, -0.2) is 9.79 Å². The Bertz CT molecular complexity index is 2180. The van der Waals surface area contributed by atoms with E-state index in [9.17, 15) is 19.7 Å². The molecule has 3 aromatic carbocycles. The Labute approximate surface area is 298 Å². The van der Waals surface area contributed by atoms with Crippen molar-refractivity contribution < 1.29 is 33.4 Å². The monoisotopic (exact) mass is 713 g/mol. The third-order valence-electron chi connectivity index (χ3n) is 7.95. The van der Waals surface area contributed by atoms with E-state index in [2.05, 4.69) is 11.6 Å². The summed E-state index contributed by atoms with van der Waals surface area (Å²) in [4.78, 5) is 43.4. The molecule has 0 radical (unpaired) electrons. The molecule has 0 aliphatic carbocycles. The van der Waals surface area contributed by atoms with E-state index in [-0.39, 0.29) is 36.1 Å². The van der Waals surface area contributed by atoms with E-state index in [1.165, 1.54) is 42.3 Å². The molecule has 5 rings (SSSR count). The molecule has 51 heavy (non-hydrogen) atoms. The molecular formula is C38H39N3O9S. The normalized spacial score (nSPS) is 14.1. The number of methoxy groups -OCH3 is 2. The third-order valence-corrected chi connectivity index (χ3v) is 8.93. The second kappa shape index (κ2) is 15.9. The summed E-state index contributed by atoms with van der Waals surface area (Å²) in [6.07, 6.45) is 3.83. The van der Waals surface area contributed by atoms with Crippen LogP contribution in [-0.2, 0) is 22.6 Å². The largest absolute Gasteiger partial charge is 0.493 e. The van der Waals surface area contributed by atoms with Gasteiger partial charge in [0.1, 0.15) is 6.61 Å². The minimum absolute atomic E-state index is 0.00854. The van der Waals surface area contributed by atoms with E-state index >= 15 is 0 Å². The van der Waals surface area contributed by atoms with Crippen LogP contribution in [0.15, 0.2) is 88.3 Å². The van der Waals surface area contributed by atoms with Gasteiger partial charge in [0.25, 0.3) is 11.2 Å². The molecule has 0 amide bonds. The maximum absolute atomic E-state index is 14.3. The van der Waals surface area contributed by atoms with Crippen LogP contribution in [-0.4, -0.2) is 42.4 Å². The van der Waals surface area contributed by atoms with Crippen LogP contribution in [0.2, 0.25) is 0 Å². The highest BCUT2D eigenvalue weighted by Crippen LogP contribution is 2.37. The zero-order valence-corrected chi connectivity index (χ0v) is 30.1. The van der Waals surface area contributed by atoms with E-state index in [0.717, 1.165) is 11.1 Å². The molecule has 266 valence electrons. The molecule has 0 N–H and O–H groups in total. The highest BCUT2D eigenvalue weighted by Gasteiger charge is 2.34. The van der Waals surface area contributed by atoms with Gasteiger partial charge in [0.2, 0.25) is 0 Å². The Morgan fingerprint density at radius 3 is 2.43 bits per heavy atom. The highest BCUT2D eigenvalue weighted by molar-refractivity contribution is 7.07. The van der Waals surface area contributed by atoms with Crippen LogP contribution >= 0.6 is 11.3 Å². The Morgan fingerprint density at radius 2 is 1.80 bits per heavy atom. The molecular weight excluding hydrogens is 674 g/mol. The highest BCUT2D eigenvalue weighted by atomic mass is 32.1. The molecule has 4 aromatic rings. The summed E-state index contributed by atoms with van der Waals surface area (Å²) < 4.78 is 30.8. The van der Waals surface area contributed by atoms with Crippen LogP contribution in [0.25, 0.3) is 6.08 Å². The lowest BCUT2D eigenvalue weighted by molar-refractivity contribution is -0.384. The van der Waals surface area contributed by atoms with E-state index < -0.39 is 16.9 Å². The molecule has 0 fully saturated rings. The Balaban J connectivity index is 1.60. The number of ether oxygens (including phenoxy) is 5. The van der Waals surface area contributed by atoms with Crippen molar-refractivity contribution in [1.29, 1.82) is 0 Å². The van der Waals surface area contributed by atoms with Crippen molar-refractivity contribution in [2.45, 2.75) is 52.9 Å². The number of rotatable bonds is 14. The number of fused-ring (bicyclic) bond motifs is 1. The fourth-order valence-electron chi connectivity index (χ4n) is 5.72. The van der Waals surface area contributed by atoms with Crippen LogP contribution < -0.4 is 33.8 Å². The number of non-ortho nitro benzene ring substituents is 1. The number of hydrogen-bond acceptors (Lipinski definition) is 11. The van der Waals surface area contributed by atoms with Crippen LogP contribution in [0.3, 0.4) is 0 Å². The summed E-state index contributed by atoms with van der Waals surface area (Å²) >= 11 is 1.20. The van der Waals surface area contributed by atoms with Gasteiger partial charge in [0.05, 0.1) is 53.7 Å². The number of benzene rings is 3. The number of carbonyl (C=O) groups is 1. The van der Waals surface area contributed by atoms with E-state index in [1.54, 1.807) is 56.3 Å². The van der Waals surface area contributed by atoms with Crippen molar-refractivity contribution in [2.24, 2.45) is 4.99 Å². The topological polar surface area (TPSA) is 141 Å². The molecule has 13 heteroatoms. The number of thiazole rings is 1. The van der Waals surface area contributed by atoms with Crippen LogP contribution in [0.5, 0.6) is 23.0 Å². The zero-order valence-electron chi connectivity index (χ0n) is 29.3. The first-order valence-electron chi connectivity index (χ1n) is 16.2. The quantitative estimate of drug-likeness (QED) is 0.0685. The Kier molecular flexibility index (Phi) is 11.4. The molecule has 0 unspecified atom stereocenters. The van der Waals surface area contributed by atoms with Gasteiger partial charge in [-0.15, -0.1) is 6.58 Å². The number of nitro benzene ring substituents is 1. The van der Waals surface area contributed by atoms with Gasteiger partial charge in [-0.05, 0) is 93.3 Å². The van der Waals surface area contributed by atoms with Crippen LogP contribution in [0.1, 0.15) is 56.0 Å². The fourth-order valence-corrected chi connectivity index (χ4v) is 6.77. The SMILES string of the molecule is C=CCc1cc(/C=c2\sc3n(c2=O)[C@H](c2ccc(OC(C)C)c(OC)c2)C(C(=O)OCC)=C(C)N=3)cc(OC)c1OCc1ccc([N+](=O)[O-])cc1. The predicted molar refractivity (Wildman–Crippen MR) is 193 cm³/mol. The smallest absolute Gasteiger partial charge is 0.338 e. The summed E-state index contributed by atoms with van der Waals surface area (Å²) in [6, 6.07) is 14.3. The molecule has 2 heterocycles. The van der Waals surface area contributed by atoms with E-state index in [0.29, 0.717) is 55.6 Å². The van der Waals surface area contributed by atoms with Crippen LogP contribution in [0.4, 0.5) is 5.69 Å². The van der Waals surface area contributed by atoms with Gasteiger partial charge < -0.3 is 23.7 Å². The van der Waals surface area contributed by atoms with E-state index in [4.69, 9.17) is 23.7 Å². The van der Waals surface area contributed by atoms with Gasteiger partial charge >= 0.3 is 5.97 Å². The lowest BCUT2D eigenvalue weighted by Crippen LogP contribution is -2.40. The maximum Gasteiger partial charge on any atom is 0.338 e. The van der Waals surface area contributed by atoms with Crippen LogP contribution in [0, 0.1) is 10.1 Å². The van der Waals surface area contributed by atoms with Crippen molar-refractivity contribution in [1.82, 2.24) is 4.57 Å². The number of carbonyl (C=O) groups excluding carboxylic acids is 1. The number of hydrogen-bond donors (Lipinski definition) is 0. The van der Waals surface area contributed by atoms with E-state index in [1.807, 2.05) is 26.0 Å². The van der Waals surface area contributed by atoms with Crippen molar-refractivity contribution in [3.8, 4) is 23.0 Å². The zero-order chi connectivity index (χ0) is 36.8. The van der Waals surface area contributed by atoms with Crippen molar-refractivity contribution in [3.63, 3.8) is 0 Å². The molecule has 0 bridgehead atoms. The Hall–Kier alpha value is -5.69. The number of nitro groups is 1. The van der Waals surface area contributed by atoms with Crippen molar-refractivity contribution in [2.75, 3.05) is 20.8 Å². The Morgan fingerprint density at radius 1 is 1.08 bits per heavy atom. The first-order valence-corrected chi connectivity index (χ1v) is 17.0. The first-order chi connectivity index (χ1) is 24.5. The standard InChI is InChI=1S/C38H39N3O9S/c1-8-10-27-17-25(18-31(47-7)35(27)49-21-24-11-14-28(15-12-24)41(44)45)19-32-36(42)40-34(26-13-16-29(50-22(3)4)30(20-26)46-6)33(37(43)48-9-2)23(5)39-38(40)51-32/h8,11-20,22,34H,1,9-10,21H2,2-7H3/b32-19-/t34-/m1/s1. The molecule has 0 saturated carbocycles. The summed E-state index contributed by atoms with van der Waals surface area (Å²) in [5.41, 5.74) is 3.14. The number of allylic oxidation sites excluding steroid dienone is 2. The van der Waals surface area contributed by atoms with Gasteiger partial charge in [-0.2, -0.15) is 0 Å². The van der Waals surface area contributed by atoms with Gasteiger partial charge in [0.15, 0.2) is 27.8 Å². The second-order valence-corrected chi connectivity index (χ2v) is 12.8. The molecule has 12 nitrogen and oxygen atoms in total. The summed E-state index contributed by atoms with van der Waals surface area (Å²) in [7, 11) is 3.06. The minimum atomic E-state index is -0.842. The summed E-state index contributed by atoms with van der Waals surface area (Å²) in [6.45, 7) is 11.5. The number of esters is 1. The van der Waals surface area contributed by atoms with Gasteiger partial charge in [-0.3, -0.25) is 19.5 Å². The second-order valence-electron chi connectivity index (χ2n) is 11.8. The molecule has 1 aliphatic heterocycles. The summed E-state index contributed by atoms with van der Waals surface area (Å²) in [5, 5.41) is 11.0. The van der Waals surface area contributed by atoms with Gasteiger partial charge in [0, 0.05) is 17.7 Å². The average molecular weight is 714 g/mol. The molecule has 0 spiro atoms. The molecule has 1 atom stereocenters. The molecule has 1 aliphatic rings. The van der Waals surface area contributed by atoms with Crippen molar-refractivity contribution >= 4 is 29.1 Å². The minimum Gasteiger partial charge on any atom is -0.493 e.